The van der Waals surface area contributed by atoms with Gasteiger partial charge >= 0.3 is 5.97 Å². The molecule has 0 unspecified atom stereocenters. The molecule has 0 amide bonds. The van der Waals surface area contributed by atoms with Crippen molar-refractivity contribution in [3.05, 3.63) is 77.4 Å². The number of hydrogen-bond donors (Lipinski definition) is 1. The van der Waals surface area contributed by atoms with Crippen LogP contribution in [0.4, 0.5) is 4.39 Å². The van der Waals surface area contributed by atoms with Crippen molar-refractivity contribution in [3.8, 4) is 22.6 Å². The Morgan fingerprint density at radius 1 is 1.04 bits per heavy atom. The summed E-state index contributed by atoms with van der Waals surface area (Å²) in [4.78, 5) is 25.8. The lowest BCUT2D eigenvalue weighted by molar-refractivity contribution is 0.0698. The first kappa shape index (κ1) is 16.5. The second kappa shape index (κ2) is 6.20. The number of benzene rings is 2. The monoisotopic (exact) mass is 371 g/mol. The van der Waals surface area contributed by atoms with Crippen LogP contribution in [-0.2, 0) is 12.8 Å². The second-order valence-electron chi connectivity index (χ2n) is 6.70. The predicted octanol–water partition coefficient (Wildman–Crippen LogP) is 4.29. The van der Waals surface area contributed by atoms with Crippen molar-refractivity contribution in [1.29, 1.82) is 0 Å². The van der Waals surface area contributed by atoms with Gasteiger partial charge in [-0.1, -0.05) is 30.3 Å². The van der Waals surface area contributed by atoms with Gasteiger partial charge in [-0.05, 0) is 36.6 Å². The van der Waals surface area contributed by atoms with E-state index in [9.17, 15) is 14.3 Å². The number of pyridine rings is 1. The normalized spacial score (nSPS) is 12.5. The van der Waals surface area contributed by atoms with Crippen LogP contribution >= 0.6 is 0 Å². The first-order valence-corrected chi connectivity index (χ1v) is 8.89. The molecule has 136 valence electrons. The molecule has 28 heavy (non-hydrogen) atoms. The van der Waals surface area contributed by atoms with E-state index in [-0.39, 0.29) is 5.56 Å². The number of aromatic nitrogens is 3. The van der Waals surface area contributed by atoms with Crippen LogP contribution in [0.1, 0.15) is 21.6 Å². The summed E-state index contributed by atoms with van der Waals surface area (Å²) in [5.74, 6) is -0.938. The van der Waals surface area contributed by atoms with Gasteiger partial charge in [0.1, 0.15) is 5.82 Å². The first-order chi connectivity index (χ1) is 13.6. The minimum Gasteiger partial charge on any atom is -0.478 e. The first-order valence-electron chi connectivity index (χ1n) is 8.89. The van der Waals surface area contributed by atoms with E-state index in [0.717, 1.165) is 16.8 Å². The summed E-state index contributed by atoms with van der Waals surface area (Å²) in [6.07, 6.45) is 2.76. The van der Waals surface area contributed by atoms with Crippen LogP contribution in [0.3, 0.4) is 0 Å². The molecule has 5 nitrogen and oxygen atoms in total. The van der Waals surface area contributed by atoms with Crippen molar-refractivity contribution in [2.75, 3.05) is 0 Å². The zero-order chi connectivity index (χ0) is 19.3. The number of carbonyl (C=O) groups is 1. The van der Waals surface area contributed by atoms with Crippen molar-refractivity contribution in [1.82, 2.24) is 15.0 Å². The molecule has 0 bridgehead atoms. The molecule has 0 fully saturated rings. The number of nitrogens with zero attached hydrogens (tertiary/aromatic N) is 3. The fraction of sp³-hybridized carbons (Fsp3) is 0.0909. The maximum Gasteiger partial charge on any atom is 0.336 e. The summed E-state index contributed by atoms with van der Waals surface area (Å²) in [6.45, 7) is 0. The Labute approximate surface area is 159 Å². The zero-order valence-corrected chi connectivity index (χ0v) is 14.7. The minimum atomic E-state index is -1.08. The zero-order valence-electron chi connectivity index (χ0n) is 14.7. The van der Waals surface area contributed by atoms with Gasteiger partial charge in [0.15, 0.2) is 5.82 Å². The molecule has 1 aliphatic rings. The third-order valence-corrected chi connectivity index (χ3v) is 5.03. The highest BCUT2D eigenvalue weighted by Gasteiger charge is 2.27. The van der Waals surface area contributed by atoms with Crippen LogP contribution in [0.5, 0.6) is 0 Å². The number of fused-ring (bicyclic) bond motifs is 4. The minimum absolute atomic E-state index is 0.109. The van der Waals surface area contributed by atoms with Gasteiger partial charge in [-0.2, -0.15) is 0 Å². The van der Waals surface area contributed by atoms with Gasteiger partial charge in [-0.15, -0.1) is 0 Å². The summed E-state index contributed by atoms with van der Waals surface area (Å²) < 4.78 is 13.7. The molecule has 6 heteroatoms. The van der Waals surface area contributed by atoms with Gasteiger partial charge in [0, 0.05) is 22.7 Å². The topological polar surface area (TPSA) is 76.0 Å². The number of halogens is 1. The Balaban J connectivity index is 1.74. The standard InChI is InChI=1S/C22H14FN3O2/c23-13-6-8-17-15(10-13)19(22(27)28)14-7-9-18-16(20(14)25-17)11-24-21(26-18)12-4-2-1-3-5-12/h1-6,8,10-11H,7,9H2,(H,27,28). The third-order valence-electron chi connectivity index (χ3n) is 5.03. The Morgan fingerprint density at radius 2 is 1.86 bits per heavy atom. The van der Waals surface area contributed by atoms with Crippen LogP contribution in [0.2, 0.25) is 0 Å². The fourth-order valence-corrected chi connectivity index (χ4v) is 3.76. The molecule has 2 aromatic heterocycles. The Morgan fingerprint density at radius 3 is 2.64 bits per heavy atom. The summed E-state index contributed by atoms with van der Waals surface area (Å²) in [7, 11) is 0. The Kier molecular flexibility index (Phi) is 3.65. The van der Waals surface area contributed by atoms with Crippen molar-refractivity contribution < 1.29 is 14.3 Å². The third kappa shape index (κ3) is 2.53. The molecule has 2 aromatic carbocycles. The number of carboxylic acid groups (broad SMARTS) is 1. The van der Waals surface area contributed by atoms with Crippen LogP contribution in [0, 0.1) is 5.82 Å². The van der Waals surface area contributed by atoms with E-state index in [2.05, 4.69) is 9.97 Å². The van der Waals surface area contributed by atoms with Crippen molar-refractivity contribution >= 4 is 16.9 Å². The van der Waals surface area contributed by atoms with E-state index in [4.69, 9.17) is 4.98 Å². The maximum atomic E-state index is 13.7. The number of carboxylic acids is 1. The molecule has 0 aliphatic heterocycles. The highest BCUT2D eigenvalue weighted by Crippen LogP contribution is 2.36. The Bertz CT molecular complexity index is 1260. The average molecular weight is 371 g/mol. The molecule has 0 saturated carbocycles. The number of rotatable bonds is 2. The van der Waals surface area contributed by atoms with Gasteiger partial charge in [0.2, 0.25) is 0 Å². The summed E-state index contributed by atoms with van der Waals surface area (Å²) in [5.41, 5.74) is 4.21. The van der Waals surface area contributed by atoms with Crippen LogP contribution in [0.25, 0.3) is 33.5 Å². The highest BCUT2D eigenvalue weighted by molar-refractivity contribution is 6.06. The van der Waals surface area contributed by atoms with Crippen molar-refractivity contribution in [2.45, 2.75) is 12.8 Å². The molecule has 0 radical (unpaired) electrons. The van der Waals surface area contributed by atoms with Gasteiger partial charge in [-0.3, -0.25) is 0 Å². The van der Waals surface area contributed by atoms with E-state index in [1.165, 1.54) is 18.2 Å². The molecular weight excluding hydrogens is 357 g/mol. The molecular formula is C22H14FN3O2. The summed E-state index contributed by atoms with van der Waals surface area (Å²) >= 11 is 0. The van der Waals surface area contributed by atoms with Crippen LogP contribution in [-0.4, -0.2) is 26.0 Å². The molecule has 0 spiro atoms. The van der Waals surface area contributed by atoms with Gasteiger partial charge in [-0.25, -0.2) is 24.1 Å². The van der Waals surface area contributed by atoms with E-state index in [0.29, 0.717) is 40.8 Å². The second-order valence-corrected chi connectivity index (χ2v) is 6.70. The quantitative estimate of drug-likeness (QED) is 0.569. The van der Waals surface area contributed by atoms with Gasteiger partial charge < -0.3 is 5.11 Å². The highest BCUT2D eigenvalue weighted by atomic mass is 19.1. The molecule has 5 rings (SSSR count). The molecule has 0 saturated heterocycles. The average Bonchev–Trinajstić information content (AvgIpc) is 2.72. The van der Waals surface area contributed by atoms with Gasteiger partial charge in [0.25, 0.3) is 0 Å². The number of hydrogen-bond acceptors (Lipinski definition) is 4. The number of aromatic carboxylic acids is 1. The lowest BCUT2D eigenvalue weighted by atomic mass is 9.88. The lowest BCUT2D eigenvalue weighted by Gasteiger charge is -2.21. The molecule has 1 N–H and O–H groups in total. The van der Waals surface area contributed by atoms with E-state index >= 15 is 0 Å². The van der Waals surface area contributed by atoms with E-state index in [1.54, 1.807) is 6.20 Å². The fourth-order valence-electron chi connectivity index (χ4n) is 3.76. The van der Waals surface area contributed by atoms with Crippen LogP contribution in [0.15, 0.2) is 54.7 Å². The maximum absolute atomic E-state index is 13.7. The SMILES string of the molecule is O=C(O)c1c2c(nc3ccc(F)cc13)-c1cnc(-c3ccccc3)nc1CC2. The summed E-state index contributed by atoms with van der Waals surface area (Å²) in [6, 6.07) is 13.7. The van der Waals surface area contributed by atoms with Crippen molar-refractivity contribution in [2.24, 2.45) is 0 Å². The largest absolute Gasteiger partial charge is 0.478 e. The summed E-state index contributed by atoms with van der Waals surface area (Å²) in [5, 5.41) is 10.1. The smallest absolute Gasteiger partial charge is 0.336 e. The van der Waals surface area contributed by atoms with Crippen LogP contribution < -0.4 is 0 Å². The molecule has 0 atom stereocenters. The van der Waals surface area contributed by atoms with Crippen molar-refractivity contribution in [3.63, 3.8) is 0 Å². The van der Waals surface area contributed by atoms with E-state index < -0.39 is 11.8 Å². The molecule has 2 heterocycles. The van der Waals surface area contributed by atoms with Gasteiger partial charge in [0.05, 0.1) is 22.5 Å². The number of aryl methyl sites for hydroxylation is 1. The molecule has 4 aromatic rings. The van der Waals surface area contributed by atoms with E-state index in [1.807, 2.05) is 30.3 Å². The predicted molar refractivity (Wildman–Crippen MR) is 103 cm³/mol. The lowest BCUT2D eigenvalue weighted by Crippen LogP contribution is -2.15. The molecule has 1 aliphatic carbocycles. The Hall–Kier alpha value is -3.67.